The molecule has 0 aromatic heterocycles. The van der Waals surface area contributed by atoms with Crippen molar-refractivity contribution in [3.05, 3.63) is 0 Å². The molecule has 2 aliphatic rings. The molecule has 21 heavy (non-hydrogen) atoms. The number of hydrogen-bond donors (Lipinski definition) is 1. The molecule has 0 aromatic rings. The lowest BCUT2D eigenvalue weighted by Gasteiger charge is -2.36. The number of rotatable bonds is 4. The normalized spacial score (nSPS) is 23.2. The molecule has 5 nitrogen and oxygen atoms in total. The van der Waals surface area contributed by atoms with Crippen LogP contribution < -0.4 is 5.32 Å². The molecule has 0 amide bonds. The Morgan fingerprint density at radius 3 is 2.29 bits per heavy atom. The van der Waals surface area contributed by atoms with Gasteiger partial charge in [0, 0.05) is 32.7 Å². The molecular formula is C16H31N3O2. The first-order valence-electron chi connectivity index (χ1n) is 8.30. The van der Waals surface area contributed by atoms with E-state index in [0.717, 1.165) is 32.1 Å². The first-order chi connectivity index (χ1) is 9.92. The van der Waals surface area contributed by atoms with Crippen LogP contribution in [0, 0.1) is 5.92 Å². The van der Waals surface area contributed by atoms with E-state index in [4.69, 9.17) is 4.74 Å². The molecular weight excluding hydrogens is 266 g/mol. The first-order valence-corrected chi connectivity index (χ1v) is 8.30. The Balaban J connectivity index is 1.64. The summed E-state index contributed by atoms with van der Waals surface area (Å²) >= 11 is 0. The van der Waals surface area contributed by atoms with Gasteiger partial charge in [-0.25, -0.2) is 0 Å². The molecule has 2 aliphatic heterocycles. The fourth-order valence-corrected chi connectivity index (χ4v) is 3.14. The van der Waals surface area contributed by atoms with Gasteiger partial charge in [0.15, 0.2) is 0 Å². The Labute approximate surface area is 129 Å². The number of esters is 1. The van der Waals surface area contributed by atoms with Gasteiger partial charge in [-0.15, -0.1) is 0 Å². The smallest absolute Gasteiger partial charge is 0.320 e. The van der Waals surface area contributed by atoms with Crippen LogP contribution in [0.1, 0.15) is 33.6 Å². The highest BCUT2D eigenvalue weighted by Gasteiger charge is 2.25. The van der Waals surface area contributed by atoms with Gasteiger partial charge in [-0.2, -0.15) is 0 Å². The third kappa shape index (κ3) is 6.32. The summed E-state index contributed by atoms with van der Waals surface area (Å²) < 4.78 is 5.39. The summed E-state index contributed by atoms with van der Waals surface area (Å²) in [7, 11) is 0. The number of piperidine rings is 1. The Kier molecular flexibility index (Phi) is 6.02. The highest BCUT2D eigenvalue weighted by molar-refractivity contribution is 5.72. The standard InChI is InChI=1S/C16H31N3O2/c1-16(2,3)21-15(20)13-18-8-4-14(5-9-18)12-19-10-6-17-7-11-19/h14,17H,4-13H2,1-3H3. The molecule has 2 rings (SSSR count). The summed E-state index contributed by atoms with van der Waals surface area (Å²) in [5, 5.41) is 3.40. The van der Waals surface area contributed by atoms with Gasteiger partial charge >= 0.3 is 5.97 Å². The SMILES string of the molecule is CC(C)(C)OC(=O)CN1CCC(CN2CCNCC2)CC1. The molecule has 0 radical (unpaired) electrons. The fraction of sp³-hybridized carbons (Fsp3) is 0.938. The van der Waals surface area contributed by atoms with Gasteiger partial charge < -0.3 is 15.0 Å². The largest absolute Gasteiger partial charge is 0.459 e. The quantitative estimate of drug-likeness (QED) is 0.783. The van der Waals surface area contributed by atoms with E-state index in [1.165, 1.54) is 32.5 Å². The molecule has 5 heteroatoms. The molecule has 2 fully saturated rings. The van der Waals surface area contributed by atoms with Crippen LogP contribution in [0.3, 0.4) is 0 Å². The van der Waals surface area contributed by atoms with Crippen molar-refractivity contribution in [2.45, 2.75) is 39.2 Å². The van der Waals surface area contributed by atoms with Crippen molar-refractivity contribution in [3.63, 3.8) is 0 Å². The number of carbonyl (C=O) groups excluding carboxylic acids is 1. The molecule has 0 unspecified atom stereocenters. The second kappa shape index (κ2) is 7.56. The van der Waals surface area contributed by atoms with Crippen molar-refractivity contribution < 1.29 is 9.53 Å². The molecule has 1 N–H and O–H groups in total. The van der Waals surface area contributed by atoms with Gasteiger partial charge in [-0.3, -0.25) is 9.69 Å². The number of nitrogens with zero attached hydrogens (tertiary/aromatic N) is 2. The van der Waals surface area contributed by atoms with Crippen LogP contribution in [0.4, 0.5) is 0 Å². The molecule has 0 aliphatic carbocycles. The van der Waals surface area contributed by atoms with Crippen LogP contribution in [0.5, 0.6) is 0 Å². The lowest BCUT2D eigenvalue weighted by Crippen LogP contribution is -2.47. The van der Waals surface area contributed by atoms with Crippen molar-refractivity contribution in [1.29, 1.82) is 0 Å². The zero-order valence-corrected chi connectivity index (χ0v) is 13.9. The highest BCUT2D eigenvalue weighted by atomic mass is 16.6. The molecule has 2 saturated heterocycles. The maximum Gasteiger partial charge on any atom is 0.320 e. The van der Waals surface area contributed by atoms with Crippen molar-refractivity contribution in [2.24, 2.45) is 5.92 Å². The second-order valence-corrected chi connectivity index (χ2v) is 7.36. The van der Waals surface area contributed by atoms with Gasteiger partial charge in [0.2, 0.25) is 0 Å². The predicted octanol–water partition coefficient (Wildman–Crippen LogP) is 0.945. The van der Waals surface area contributed by atoms with Crippen molar-refractivity contribution in [1.82, 2.24) is 15.1 Å². The maximum absolute atomic E-state index is 11.8. The van der Waals surface area contributed by atoms with Gasteiger partial charge in [-0.1, -0.05) is 0 Å². The summed E-state index contributed by atoms with van der Waals surface area (Å²) in [6.45, 7) is 14.1. The predicted molar refractivity (Wildman–Crippen MR) is 84.3 cm³/mol. The van der Waals surface area contributed by atoms with Crippen molar-refractivity contribution in [2.75, 3.05) is 52.4 Å². The van der Waals surface area contributed by atoms with Crippen LogP contribution in [0.25, 0.3) is 0 Å². The number of piperazine rings is 1. The lowest BCUT2D eigenvalue weighted by atomic mass is 9.96. The molecule has 0 bridgehead atoms. The van der Waals surface area contributed by atoms with E-state index in [0.29, 0.717) is 6.54 Å². The molecule has 0 spiro atoms. The number of hydrogen-bond acceptors (Lipinski definition) is 5. The Morgan fingerprint density at radius 1 is 1.10 bits per heavy atom. The Bertz CT molecular complexity index is 327. The molecule has 122 valence electrons. The molecule has 2 heterocycles. The number of carbonyl (C=O) groups is 1. The highest BCUT2D eigenvalue weighted by Crippen LogP contribution is 2.19. The summed E-state index contributed by atoms with van der Waals surface area (Å²) in [6.07, 6.45) is 2.40. The number of likely N-dealkylation sites (tertiary alicyclic amines) is 1. The minimum absolute atomic E-state index is 0.0944. The summed E-state index contributed by atoms with van der Waals surface area (Å²) in [6, 6.07) is 0. The van der Waals surface area contributed by atoms with Crippen LogP contribution in [-0.4, -0.2) is 73.7 Å². The Morgan fingerprint density at radius 2 is 1.71 bits per heavy atom. The van der Waals surface area contributed by atoms with E-state index in [-0.39, 0.29) is 11.6 Å². The van der Waals surface area contributed by atoms with E-state index in [9.17, 15) is 4.79 Å². The topological polar surface area (TPSA) is 44.8 Å². The van der Waals surface area contributed by atoms with Gasteiger partial charge in [0.05, 0.1) is 6.54 Å². The zero-order chi connectivity index (χ0) is 15.3. The van der Waals surface area contributed by atoms with Crippen LogP contribution in [-0.2, 0) is 9.53 Å². The minimum Gasteiger partial charge on any atom is -0.459 e. The van der Waals surface area contributed by atoms with Crippen LogP contribution in [0.15, 0.2) is 0 Å². The molecule has 0 saturated carbocycles. The van der Waals surface area contributed by atoms with Gasteiger partial charge in [-0.05, 0) is 52.6 Å². The second-order valence-electron chi connectivity index (χ2n) is 7.36. The van der Waals surface area contributed by atoms with Crippen molar-refractivity contribution in [3.8, 4) is 0 Å². The van der Waals surface area contributed by atoms with Crippen LogP contribution >= 0.6 is 0 Å². The van der Waals surface area contributed by atoms with E-state index in [1.807, 2.05) is 20.8 Å². The van der Waals surface area contributed by atoms with Crippen molar-refractivity contribution >= 4 is 5.97 Å². The summed E-state index contributed by atoms with van der Waals surface area (Å²) in [5.74, 6) is 0.695. The third-order valence-corrected chi connectivity index (χ3v) is 4.21. The van der Waals surface area contributed by atoms with Gasteiger partial charge in [0.1, 0.15) is 5.60 Å². The number of nitrogens with one attached hydrogen (secondary N) is 1. The van der Waals surface area contributed by atoms with E-state index in [2.05, 4.69) is 15.1 Å². The number of ether oxygens (including phenoxy) is 1. The average Bonchev–Trinajstić information content (AvgIpc) is 2.40. The average molecular weight is 297 g/mol. The fourth-order valence-electron chi connectivity index (χ4n) is 3.14. The monoisotopic (exact) mass is 297 g/mol. The molecule has 0 atom stereocenters. The maximum atomic E-state index is 11.8. The third-order valence-electron chi connectivity index (χ3n) is 4.21. The van der Waals surface area contributed by atoms with Crippen LogP contribution in [0.2, 0.25) is 0 Å². The molecule has 0 aromatic carbocycles. The minimum atomic E-state index is -0.377. The van der Waals surface area contributed by atoms with E-state index in [1.54, 1.807) is 0 Å². The zero-order valence-electron chi connectivity index (χ0n) is 13.9. The van der Waals surface area contributed by atoms with E-state index < -0.39 is 0 Å². The van der Waals surface area contributed by atoms with Gasteiger partial charge in [0.25, 0.3) is 0 Å². The lowest BCUT2D eigenvalue weighted by molar-refractivity contribution is -0.156. The summed E-state index contributed by atoms with van der Waals surface area (Å²) in [4.78, 5) is 16.7. The summed E-state index contributed by atoms with van der Waals surface area (Å²) in [5.41, 5.74) is -0.377. The first kappa shape index (κ1) is 16.7. The Hall–Kier alpha value is -0.650. The van der Waals surface area contributed by atoms with E-state index >= 15 is 0 Å².